The molecule has 8 nitrogen and oxygen atoms in total. The number of benzene rings is 3. The van der Waals surface area contributed by atoms with E-state index in [0.29, 0.717) is 11.3 Å². The topological polar surface area (TPSA) is 119 Å². The SMILES string of the molecule is CC(C)C(N)C(=O)OCC[C@H](NC(=O)[C@@H]1SCCN1S(=O)(=O)c1ccc(-c2ccccc2)cc1)c1ccc(F)cc1. The molecule has 4 rings (SSSR count). The predicted octanol–water partition coefficient (Wildman–Crippen LogP) is 4.33. The molecule has 1 saturated heterocycles. The second-order valence-electron chi connectivity index (χ2n) is 10.1. The van der Waals surface area contributed by atoms with E-state index < -0.39 is 45.2 Å². The standard InChI is InChI=1S/C30H34FN3O5S2/c1-20(2)27(32)30(36)39-18-16-26(23-8-12-24(31)13-9-23)33-28(35)29-34(17-19-40-29)41(37,38)25-14-10-22(11-15-25)21-6-4-3-5-7-21/h3-15,20,26-27,29H,16-19,32H2,1-2H3,(H,33,35)/t26-,27?,29-/m0/s1. The first kappa shape index (κ1) is 30.7. The fourth-order valence-electron chi connectivity index (χ4n) is 4.40. The van der Waals surface area contributed by atoms with Gasteiger partial charge in [0.25, 0.3) is 0 Å². The first-order valence-electron chi connectivity index (χ1n) is 13.3. The lowest BCUT2D eigenvalue weighted by Crippen LogP contribution is -2.46. The number of nitrogens with one attached hydrogen (secondary N) is 1. The number of ether oxygens (including phenoxy) is 1. The molecule has 3 aromatic rings. The van der Waals surface area contributed by atoms with Crippen LogP contribution in [0, 0.1) is 11.7 Å². The van der Waals surface area contributed by atoms with Crippen molar-refractivity contribution in [3.63, 3.8) is 0 Å². The summed E-state index contributed by atoms with van der Waals surface area (Å²) in [5.41, 5.74) is 8.30. The molecule has 1 unspecified atom stereocenters. The zero-order valence-electron chi connectivity index (χ0n) is 22.9. The van der Waals surface area contributed by atoms with Crippen molar-refractivity contribution in [2.75, 3.05) is 18.9 Å². The van der Waals surface area contributed by atoms with E-state index in [2.05, 4.69) is 5.32 Å². The van der Waals surface area contributed by atoms with Gasteiger partial charge in [-0.15, -0.1) is 11.8 Å². The largest absolute Gasteiger partial charge is 0.464 e. The van der Waals surface area contributed by atoms with E-state index in [4.69, 9.17) is 10.5 Å². The average molecular weight is 600 g/mol. The number of nitrogens with zero attached hydrogens (tertiary/aromatic N) is 1. The number of halogens is 1. The summed E-state index contributed by atoms with van der Waals surface area (Å²) in [6.07, 6.45) is 0.193. The second-order valence-corrected chi connectivity index (χ2v) is 13.1. The van der Waals surface area contributed by atoms with Crippen LogP contribution in [0.3, 0.4) is 0 Å². The Kier molecular flexibility index (Phi) is 10.2. The summed E-state index contributed by atoms with van der Waals surface area (Å²) in [6.45, 7) is 3.76. The quantitative estimate of drug-likeness (QED) is 0.315. The van der Waals surface area contributed by atoms with Crippen molar-refractivity contribution in [1.82, 2.24) is 9.62 Å². The van der Waals surface area contributed by atoms with Crippen molar-refractivity contribution in [3.05, 3.63) is 90.2 Å². The van der Waals surface area contributed by atoms with Crippen LogP contribution in [0.2, 0.25) is 0 Å². The molecule has 1 aliphatic heterocycles. The molecule has 0 saturated carbocycles. The number of sulfonamides is 1. The summed E-state index contributed by atoms with van der Waals surface area (Å²) in [4.78, 5) is 25.8. The Morgan fingerprint density at radius 1 is 1.02 bits per heavy atom. The molecule has 0 bridgehead atoms. The lowest BCUT2D eigenvalue weighted by atomic mass is 10.0. The monoisotopic (exact) mass is 599 g/mol. The van der Waals surface area contributed by atoms with E-state index in [1.165, 1.54) is 40.3 Å². The van der Waals surface area contributed by atoms with Crippen LogP contribution in [0.4, 0.5) is 4.39 Å². The number of nitrogens with two attached hydrogens (primary N) is 1. The molecular formula is C30H34FN3O5S2. The normalized spacial score (nSPS) is 17.2. The molecule has 3 atom stereocenters. The molecule has 3 N–H and O–H groups in total. The molecule has 218 valence electrons. The Morgan fingerprint density at radius 3 is 2.29 bits per heavy atom. The maximum atomic E-state index is 13.6. The van der Waals surface area contributed by atoms with Gasteiger partial charge in [0.05, 0.1) is 17.5 Å². The molecule has 0 aromatic heterocycles. The van der Waals surface area contributed by atoms with Crippen molar-refractivity contribution in [1.29, 1.82) is 0 Å². The third kappa shape index (κ3) is 7.53. The van der Waals surface area contributed by atoms with Gasteiger partial charge in [-0.05, 0) is 46.9 Å². The molecular weight excluding hydrogens is 565 g/mol. The van der Waals surface area contributed by atoms with E-state index in [1.54, 1.807) is 24.3 Å². The number of esters is 1. The Bertz CT molecular complexity index is 1440. The van der Waals surface area contributed by atoms with E-state index in [0.717, 1.165) is 11.1 Å². The van der Waals surface area contributed by atoms with Crippen LogP contribution in [-0.4, -0.2) is 54.9 Å². The van der Waals surface area contributed by atoms with Crippen LogP contribution in [-0.2, 0) is 24.3 Å². The highest BCUT2D eigenvalue weighted by Crippen LogP contribution is 2.32. The third-order valence-corrected chi connectivity index (χ3v) is 10.1. The maximum absolute atomic E-state index is 13.6. The number of amides is 1. The van der Waals surface area contributed by atoms with Crippen LogP contribution >= 0.6 is 11.8 Å². The van der Waals surface area contributed by atoms with Gasteiger partial charge in [0.1, 0.15) is 17.2 Å². The molecule has 41 heavy (non-hydrogen) atoms. The number of carbonyl (C=O) groups is 2. The molecule has 1 amide bonds. The van der Waals surface area contributed by atoms with Crippen molar-refractivity contribution < 1.29 is 27.1 Å². The number of hydrogen-bond acceptors (Lipinski definition) is 7. The summed E-state index contributed by atoms with van der Waals surface area (Å²) in [7, 11) is -3.96. The molecule has 0 spiro atoms. The highest BCUT2D eigenvalue weighted by atomic mass is 32.2. The van der Waals surface area contributed by atoms with Crippen LogP contribution in [0.1, 0.15) is 31.9 Å². The van der Waals surface area contributed by atoms with Crippen molar-refractivity contribution in [2.24, 2.45) is 11.7 Å². The summed E-state index contributed by atoms with van der Waals surface area (Å²) in [5, 5.41) is 1.90. The summed E-state index contributed by atoms with van der Waals surface area (Å²) in [6, 6.07) is 20.4. The van der Waals surface area contributed by atoms with Crippen LogP contribution in [0.5, 0.6) is 0 Å². The minimum absolute atomic E-state index is 0.0326. The van der Waals surface area contributed by atoms with Gasteiger partial charge in [-0.2, -0.15) is 4.31 Å². The zero-order chi connectivity index (χ0) is 29.6. The smallest absolute Gasteiger partial charge is 0.323 e. The molecule has 1 heterocycles. The van der Waals surface area contributed by atoms with E-state index in [9.17, 15) is 22.4 Å². The maximum Gasteiger partial charge on any atom is 0.323 e. The Labute approximate surface area is 244 Å². The van der Waals surface area contributed by atoms with E-state index >= 15 is 0 Å². The second kappa shape index (κ2) is 13.6. The molecule has 0 radical (unpaired) electrons. The van der Waals surface area contributed by atoms with Gasteiger partial charge in [0, 0.05) is 18.7 Å². The highest BCUT2D eigenvalue weighted by Gasteiger charge is 2.40. The number of hydrogen-bond donors (Lipinski definition) is 2. The summed E-state index contributed by atoms with van der Waals surface area (Å²) >= 11 is 1.23. The van der Waals surface area contributed by atoms with Gasteiger partial charge < -0.3 is 15.8 Å². The van der Waals surface area contributed by atoms with Gasteiger partial charge in [0.2, 0.25) is 15.9 Å². The number of carbonyl (C=O) groups excluding carboxylic acids is 2. The minimum atomic E-state index is -3.96. The Balaban J connectivity index is 1.48. The van der Waals surface area contributed by atoms with Gasteiger partial charge in [-0.1, -0.05) is 68.4 Å². The molecule has 3 aromatic carbocycles. The molecule has 1 fully saturated rings. The number of thioether (sulfide) groups is 1. The zero-order valence-corrected chi connectivity index (χ0v) is 24.5. The highest BCUT2D eigenvalue weighted by molar-refractivity contribution is 8.02. The Hall–Kier alpha value is -3.25. The van der Waals surface area contributed by atoms with Crippen molar-refractivity contribution in [3.8, 4) is 11.1 Å². The van der Waals surface area contributed by atoms with Gasteiger partial charge >= 0.3 is 5.97 Å². The van der Waals surface area contributed by atoms with E-state index in [-0.39, 0.29) is 30.4 Å². The molecule has 0 aliphatic carbocycles. The molecule has 1 aliphatic rings. The minimum Gasteiger partial charge on any atom is -0.464 e. The predicted molar refractivity (Wildman–Crippen MR) is 158 cm³/mol. The van der Waals surface area contributed by atoms with Crippen molar-refractivity contribution >= 4 is 33.7 Å². The van der Waals surface area contributed by atoms with Crippen LogP contribution in [0.25, 0.3) is 11.1 Å². The van der Waals surface area contributed by atoms with Crippen molar-refractivity contribution in [2.45, 2.75) is 42.6 Å². The third-order valence-electron chi connectivity index (χ3n) is 6.87. The first-order chi connectivity index (χ1) is 19.6. The van der Waals surface area contributed by atoms with E-state index in [1.807, 2.05) is 44.2 Å². The fourth-order valence-corrected chi connectivity index (χ4v) is 7.48. The van der Waals surface area contributed by atoms with Gasteiger partial charge in [0.15, 0.2) is 0 Å². The summed E-state index contributed by atoms with van der Waals surface area (Å²) in [5.74, 6) is -1.14. The van der Waals surface area contributed by atoms with Crippen LogP contribution in [0.15, 0.2) is 83.8 Å². The van der Waals surface area contributed by atoms with Gasteiger partial charge in [-0.25, -0.2) is 12.8 Å². The lowest BCUT2D eigenvalue weighted by molar-refractivity contribution is -0.146. The Morgan fingerprint density at radius 2 is 1.66 bits per heavy atom. The summed E-state index contributed by atoms with van der Waals surface area (Å²) < 4.78 is 47.3. The first-order valence-corrected chi connectivity index (χ1v) is 15.8. The lowest BCUT2D eigenvalue weighted by Gasteiger charge is -2.26. The number of rotatable bonds is 11. The van der Waals surface area contributed by atoms with Gasteiger partial charge in [-0.3, -0.25) is 9.59 Å². The molecule has 11 heteroatoms. The van der Waals surface area contributed by atoms with Crippen LogP contribution < -0.4 is 11.1 Å². The average Bonchev–Trinajstić information content (AvgIpc) is 3.48. The fraction of sp³-hybridized carbons (Fsp3) is 0.333.